The van der Waals surface area contributed by atoms with Crippen LogP contribution in [-0.2, 0) is 27.9 Å². The molecule has 156 valence electrons. The van der Waals surface area contributed by atoms with Gasteiger partial charge in [0.15, 0.2) is 5.85 Å². The lowest BCUT2D eigenvalue weighted by Crippen LogP contribution is -2.26. The van der Waals surface area contributed by atoms with Crippen LogP contribution in [0.1, 0.15) is 27.7 Å². The minimum atomic E-state index is -4.53. The Morgan fingerprint density at radius 2 is 1.68 bits per heavy atom. The number of nitro benzene ring substituents is 1. The molecule has 0 amide bonds. The molecule has 0 saturated carbocycles. The molecular formula is C14H21N4O8PS. The van der Waals surface area contributed by atoms with Crippen LogP contribution >= 0.6 is 7.60 Å². The predicted molar refractivity (Wildman–Crippen MR) is 99.2 cm³/mol. The Morgan fingerprint density at radius 1 is 1.18 bits per heavy atom. The van der Waals surface area contributed by atoms with E-state index < -0.39 is 52.1 Å². The molecule has 0 aliphatic rings. The first-order valence-electron chi connectivity index (χ1n) is 8.06. The summed E-state index contributed by atoms with van der Waals surface area (Å²) in [7, 11) is -8.71. The second kappa shape index (κ2) is 9.97. The smallest absolute Gasteiger partial charge is 0.304 e. The molecule has 12 nitrogen and oxygen atoms in total. The van der Waals surface area contributed by atoms with Crippen molar-refractivity contribution in [2.75, 3.05) is 6.54 Å². The number of azide groups is 1. The van der Waals surface area contributed by atoms with E-state index in [4.69, 9.17) is 18.8 Å². The van der Waals surface area contributed by atoms with Gasteiger partial charge < -0.3 is 9.05 Å². The zero-order valence-electron chi connectivity index (χ0n) is 15.7. The van der Waals surface area contributed by atoms with Crippen LogP contribution in [0.5, 0.6) is 0 Å². The van der Waals surface area contributed by atoms with E-state index in [1.165, 1.54) is 0 Å². The van der Waals surface area contributed by atoms with Crippen molar-refractivity contribution in [1.29, 1.82) is 0 Å². The van der Waals surface area contributed by atoms with E-state index in [1.54, 1.807) is 27.7 Å². The van der Waals surface area contributed by atoms with Crippen molar-refractivity contribution in [3.8, 4) is 0 Å². The highest BCUT2D eigenvalue weighted by Gasteiger charge is 2.42. The average Bonchev–Trinajstić information content (AvgIpc) is 2.57. The van der Waals surface area contributed by atoms with Gasteiger partial charge in [-0.3, -0.25) is 14.7 Å². The summed E-state index contributed by atoms with van der Waals surface area (Å²) in [5.41, 5.74) is 8.24. The lowest BCUT2D eigenvalue weighted by Gasteiger charge is -2.28. The lowest BCUT2D eigenvalue weighted by atomic mass is 10.3. The Bertz CT molecular complexity index is 867. The normalized spacial score (nSPS) is 13.4. The molecule has 28 heavy (non-hydrogen) atoms. The number of nitro groups is 1. The molecule has 1 aromatic rings. The van der Waals surface area contributed by atoms with Crippen LogP contribution in [0.3, 0.4) is 0 Å². The molecule has 0 spiro atoms. The maximum atomic E-state index is 13.2. The van der Waals surface area contributed by atoms with Crippen LogP contribution in [0.25, 0.3) is 10.4 Å². The number of hydrogen-bond donors (Lipinski definition) is 0. The van der Waals surface area contributed by atoms with Crippen LogP contribution in [-0.4, -0.2) is 37.9 Å². The Morgan fingerprint density at radius 3 is 2.07 bits per heavy atom. The van der Waals surface area contributed by atoms with Crippen LogP contribution in [0.4, 0.5) is 5.69 Å². The molecule has 0 bridgehead atoms. The fourth-order valence-corrected chi connectivity index (χ4v) is 5.44. The van der Waals surface area contributed by atoms with Gasteiger partial charge in [-0.2, -0.15) is 8.42 Å². The molecule has 14 heteroatoms. The van der Waals surface area contributed by atoms with E-state index in [0.29, 0.717) is 0 Å². The fraction of sp³-hybridized carbons (Fsp3) is 0.571. The van der Waals surface area contributed by atoms with Gasteiger partial charge in [-0.15, -0.1) is 0 Å². The number of nitrogens with zero attached hydrogens (tertiary/aromatic N) is 4. The van der Waals surface area contributed by atoms with Gasteiger partial charge in [-0.25, -0.2) is 4.18 Å². The molecule has 0 aliphatic carbocycles. The van der Waals surface area contributed by atoms with E-state index in [9.17, 15) is 23.1 Å². The summed E-state index contributed by atoms with van der Waals surface area (Å²) in [5.74, 6) is -1.74. The van der Waals surface area contributed by atoms with Crippen molar-refractivity contribution in [3.05, 3.63) is 44.8 Å². The van der Waals surface area contributed by atoms with Crippen LogP contribution in [0, 0.1) is 10.1 Å². The van der Waals surface area contributed by atoms with E-state index in [0.717, 1.165) is 24.3 Å². The van der Waals surface area contributed by atoms with Crippen LogP contribution in [0.2, 0.25) is 0 Å². The fourth-order valence-electron chi connectivity index (χ4n) is 1.97. The third-order valence-electron chi connectivity index (χ3n) is 2.94. The summed E-state index contributed by atoms with van der Waals surface area (Å²) in [6, 6.07) is 3.90. The Labute approximate surface area is 162 Å². The molecule has 0 aromatic heterocycles. The van der Waals surface area contributed by atoms with Gasteiger partial charge in [-0.05, 0) is 45.4 Å². The summed E-state index contributed by atoms with van der Waals surface area (Å²) >= 11 is 0. The maximum Gasteiger partial charge on any atom is 0.361 e. The van der Waals surface area contributed by atoms with Crippen molar-refractivity contribution in [3.63, 3.8) is 0 Å². The molecule has 0 radical (unpaired) electrons. The molecule has 0 N–H and O–H groups in total. The molecule has 0 unspecified atom stereocenters. The van der Waals surface area contributed by atoms with Gasteiger partial charge in [0, 0.05) is 17.0 Å². The van der Waals surface area contributed by atoms with Gasteiger partial charge in [0.2, 0.25) is 0 Å². The molecular weight excluding hydrogens is 415 g/mol. The van der Waals surface area contributed by atoms with Crippen molar-refractivity contribution >= 4 is 23.4 Å². The van der Waals surface area contributed by atoms with Crippen LogP contribution in [0.15, 0.2) is 34.3 Å². The largest absolute Gasteiger partial charge is 0.361 e. The lowest BCUT2D eigenvalue weighted by molar-refractivity contribution is -0.384. The Hall–Kier alpha value is -2.01. The maximum absolute atomic E-state index is 13.2. The van der Waals surface area contributed by atoms with Gasteiger partial charge in [0.05, 0.1) is 28.6 Å². The zero-order valence-corrected chi connectivity index (χ0v) is 17.4. The molecule has 0 fully saturated rings. The van der Waals surface area contributed by atoms with E-state index in [1.807, 2.05) is 0 Å². The third-order valence-corrected chi connectivity index (χ3v) is 6.83. The number of hydrogen-bond acceptors (Lipinski definition) is 9. The van der Waals surface area contributed by atoms with Crippen molar-refractivity contribution < 1.29 is 31.1 Å². The molecule has 1 rings (SSSR count). The molecule has 1 atom stereocenters. The first kappa shape index (κ1) is 24.0. The minimum Gasteiger partial charge on any atom is -0.304 e. The van der Waals surface area contributed by atoms with Gasteiger partial charge in [-0.1, -0.05) is 5.11 Å². The summed E-state index contributed by atoms with van der Waals surface area (Å²) < 4.78 is 53.9. The standard InChI is InChI=1S/C14H21N4O8PS/c1-10(2)24-27(21,25-11(3)4)14(9-16-17-15)26-28(22,23)13-7-5-12(6-8-13)18(19)20/h5-8,10-11,14H,9H2,1-4H3/t14-/m0/s1. The zero-order chi connectivity index (χ0) is 21.5. The molecule has 1 aromatic carbocycles. The SMILES string of the molecule is CC(C)OP(=O)(OC(C)C)[C@@H](CN=[N+]=[N-])OS(=O)(=O)c1ccc([N+](=O)[O-])cc1. The third kappa shape index (κ3) is 6.86. The highest BCUT2D eigenvalue weighted by molar-refractivity contribution is 7.87. The molecule has 0 aliphatic heterocycles. The highest BCUT2D eigenvalue weighted by atomic mass is 32.2. The first-order chi connectivity index (χ1) is 12.9. The van der Waals surface area contributed by atoms with Crippen LogP contribution < -0.4 is 0 Å². The number of rotatable bonds is 11. The quantitative estimate of drug-likeness (QED) is 0.0953. The summed E-state index contributed by atoms with van der Waals surface area (Å²) in [4.78, 5) is 12.1. The van der Waals surface area contributed by atoms with Gasteiger partial charge in [0.25, 0.3) is 15.8 Å². The van der Waals surface area contributed by atoms with E-state index in [2.05, 4.69) is 10.0 Å². The highest BCUT2D eigenvalue weighted by Crippen LogP contribution is 2.56. The second-order valence-corrected chi connectivity index (χ2v) is 9.67. The topological polar surface area (TPSA) is 171 Å². The van der Waals surface area contributed by atoms with Crippen molar-refractivity contribution in [2.45, 2.75) is 50.6 Å². The van der Waals surface area contributed by atoms with Gasteiger partial charge >= 0.3 is 7.60 Å². The minimum absolute atomic E-state index is 0.318. The van der Waals surface area contributed by atoms with E-state index in [-0.39, 0.29) is 5.69 Å². The van der Waals surface area contributed by atoms with Crippen molar-refractivity contribution in [1.82, 2.24) is 0 Å². The summed E-state index contributed by atoms with van der Waals surface area (Å²) in [6.07, 6.45) is -1.22. The summed E-state index contributed by atoms with van der Waals surface area (Å²) in [5, 5.41) is 13.9. The number of non-ortho nitro benzene ring substituents is 1. The average molecular weight is 436 g/mol. The number of benzene rings is 1. The Balaban J connectivity index is 3.29. The summed E-state index contributed by atoms with van der Waals surface area (Å²) in [6.45, 7) is 5.61. The molecule has 0 heterocycles. The van der Waals surface area contributed by atoms with Gasteiger partial charge in [0.1, 0.15) is 0 Å². The van der Waals surface area contributed by atoms with E-state index >= 15 is 0 Å². The monoisotopic (exact) mass is 436 g/mol. The van der Waals surface area contributed by atoms with Crippen molar-refractivity contribution in [2.24, 2.45) is 5.11 Å². The Kier molecular flexibility index (Phi) is 8.55. The second-order valence-electron chi connectivity index (χ2n) is 6.02. The predicted octanol–water partition coefficient (Wildman–Crippen LogP) is 3.98. The first-order valence-corrected chi connectivity index (χ1v) is 11.1. The molecule has 0 saturated heterocycles.